The van der Waals surface area contributed by atoms with Crippen LogP contribution in [0.4, 0.5) is 5.69 Å². The summed E-state index contributed by atoms with van der Waals surface area (Å²) in [6.07, 6.45) is 0.239. The molecule has 1 atom stereocenters. The highest BCUT2D eigenvalue weighted by molar-refractivity contribution is 5.90. The highest BCUT2D eigenvalue weighted by atomic mass is 16.4. The first-order valence-corrected chi connectivity index (χ1v) is 5.34. The van der Waals surface area contributed by atoms with E-state index in [1.165, 1.54) is 0 Å². The van der Waals surface area contributed by atoms with Crippen LogP contribution < -0.4 is 11.5 Å². The van der Waals surface area contributed by atoms with E-state index in [9.17, 15) is 4.79 Å². The number of nitrogen functional groups attached to an aromatic ring is 1. The van der Waals surface area contributed by atoms with Crippen molar-refractivity contribution in [2.75, 3.05) is 5.73 Å². The van der Waals surface area contributed by atoms with E-state index < -0.39 is 12.0 Å². The summed E-state index contributed by atoms with van der Waals surface area (Å²) in [5.41, 5.74) is 12.8. The van der Waals surface area contributed by atoms with E-state index in [4.69, 9.17) is 16.6 Å². The first-order chi connectivity index (χ1) is 8.09. The van der Waals surface area contributed by atoms with Crippen molar-refractivity contribution in [3.63, 3.8) is 0 Å². The standard InChI is InChI=1S/C13H14N2O2/c14-11-6-5-8-3-1-2-4-9(8)10(11)7-12(15)13(16)17/h1-6,12H,7,14-15H2,(H,16,17). The molecule has 0 heterocycles. The van der Waals surface area contributed by atoms with Crippen LogP contribution in [0, 0.1) is 0 Å². The fourth-order valence-electron chi connectivity index (χ4n) is 1.89. The molecule has 2 aromatic rings. The van der Waals surface area contributed by atoms with Crippen molar-refractivity contribution in [2.45, 2.75) is 12.5 Å². The largest absolute Gasteiger partial charge is 0.480 e. The number of rotatable bonds is 3. The molecule has 4 nitrogen and oxygen atoms in total. The van der Waals surface area contributed by atoms with Crippen molar-refractivity contribution in [3.8, 4) is 0 Å². The van der Waals surface area contributed by atoms with E-state index in [-0.39, 0.29) is 6.42 Å². The van der Waals surface area contributed by atoms with Gasteiger partial charge in [-0.25, -0.2) is 0 Å². The molecule has 0 aliphatic rings. The maximum Gasteiger partial charge on any atom is 0.320 e. The molecule has 0 amide bonds. The Morgan fingerprint density at radius 2 is 1.94 bits per heavy atom. The summed E-state index contributed by atoms with van der Waals surface area (Å²) in [5.74, 6) is -1.02. The van der Waals surface area contributed by atoms with Crippen LogP contribution in [0.5, 0.6) is 0 Å². The van der Waals surface area contributed by atoms with Gasteiger partial charge in [0, 0.05) is 12.1 Å². The molecule has 2 aromatic carbocycles. The Morgan fingerprint density at radius 1 is 1.24 bits per heavy atom. The topological polar surface area (TPSA) is 89.3 Å². The minimum atomic E-state index is -1.02. The predicted molar refractivity (Wildman–Crippen MR) is 67.7 cm³/mol. The van der Waals surface area contributed by atoms with Crippen LogP contribution in [0.2, 0.25) is 0 Å². The predicted octanol–water partition coefficient (Wildman–Crippen LogP) is 1.38. The molecule has 0 fully saturated rings. The SMILES string of the molecule is Nc1ccc2ccccc2c1CC(N)C(=O)O. The fraction of sp³-hybridized carbons (Fsp3) is 0.154. The first-order valence-electron chi connectivity index (χ1n) is 5.34. The van der Waals surface area contributed by atoms with Gasteiger partial charge in [-0.1, -0.05) is 30.3 Å². The summed E-state index contributed by atoms with van der Waals surface area (Å²) in [6, 6.07) is 10.5. The normalized spacial score (nSPS) is 12.5. The van der Waals surface area contributed by atoms with Gasteiger partial charge in [0.1, 0.15) is 6.04 Å². The van der Waals surface area contributed by atoms with E-state index in [0.717, 1.165) is 16.3 Å². The number of nitrogens with two attached hydrogens (primary N) is 2. The van der Waals surface area contributed by atoms with Gasteiger partial charge in [-0.3, -0.25) is 4.79 Å². The summed E-state index contributed by atoms with van der Waals surface area (Å²) < 4.78 is 0. The van der Waals surface area contributed by atoms with Crippen LogP contribution >= 0.6 is 0 Å². The molecule has 0 aromatic heterocycles. The lowest BCUT2D eigenvalue weighted by Gasteiger charge is -2.12. The molecule has 2 rings (SSSR count). The Kier molecular flexibility index (Phi) is 2.97. The summed E-state index contributed by atoms with van der Waals surface area (Å²) >= 11 is 0. The molecule has 0 bridgehead atoms. The second-order valence-electron chi connectivity index (χ2n) is 4.00. The Hall–Kier alpha value is -2.07. The third-order valence-corrected chi connectivity index (χ3v) is 2.82. The third-order valence-electron chi connectivity index (χ3n) is 2.82. The molecule has 0 spiro atoms. The van der Waals surface area contributed by atoms with Gasteiger partial charge in [0.25, 0.3) is 0 Å². The van der Waals surface area contributed by atoms with Gasteiger partial charge in [0.2, 0.25) is 0 Å². The van der Waals surface area contributed by atoms with Gasteiger partial charge in [0.05, 0.1) is 0 Å². The minimum absolute atomic E-state index is 0.239. The summed E-state index contributed by atoms with van der Waals surface area (Å²) in [4.78, 5) is 10.8. The van der Waals surface area contributed by atoms with Crippen LogP contribution in [-0.4, -0.2) is 17.1 Å². The molecule has 5 N–H and O–H groups in total. The number of carbonyl (C=O) groups is 1. The van der Waals surface area contributed by atoms with Crippen molar-refractivity contribution < 1.29 is 9.90 Å². The Labute approximate surface area is 98.8 Å². The van der Waals surface area contributed by atoms with Crippen LogP contribution in [0.15, 0.2) is 36.4 Å². The van der Waals surface area contributed by atoms with Crippen LogP contribution in [-0.2, 0) is 11.2 Å². The maximum atomic E-state index is 10.8. The van der Waals surface area contributed by atoms with Gasteiger partial charge in [0.15, 0.2) is 0 Å². The molecule has 0 aliphatic carbocycles. The van der Waals surface area contributed by atoms with E-state index in [1.54, 1.807) is 6.07 Å². The van der Waals surface area contributed by atoms with E-state index in [0.29, 0.717) is 5.69 Å². The number of benzene rings is 2. The van der Waals surface area contributed by atoms with Crippen molar-refractivity contribution >= 4 is 22.4 Å². The van der Waals surface area contributed by atoms with Crippen molar-refractivity contribution in [2.24, 2.45) is 5.73 Å². The molecule has 0 radical (unpaired) electrons. The van der Waals surface area contributed by atoms with Crippen molar-refractivity contribution in [3.05, 3.63) is 42.0 Å². The molecule has 88 valence electrons. The van der Waals surface area contributed by atoms with Gasteiger partial charge < -0.3 is 16.6 Å². The molecule has 0 aliphatic heterocycles. The summed E-state index contributed by atoms with van der Waals surface area (Å²) in [7, 11) is 0. The van der Waals surface area contributed by atoms with Gasteiger partial charge in [-0.2, -0.15) is 0 Å². The molecule has 0 saturated heterocycles. The second-order valence-corrected chi connectivity index (χ2v) is 4.00. The number of hydrogen-bond acceptors (Lipinski definition) is 3. The number of anilines is 1. The molecular formula is C13H14N2O2. The smallest absolute Gasteiger partial charge is 0.320 e. The minimum Gasteiger partial charge on any atom is -0.480 e. The lowest BCUT2D eigenvalue weighted by atomic mass is 9.97. The van der Waals surface area contributed by atoms with Gasteiger partial charge in [-0.15, -0.1) is 0 Å². The van der Waals surface area contributed by atoms with E-state index in [1.807, 2.05) is 30.3 Å². The number of carboxylic acids is 1. The molecular weight excluding hydrogens is 216 g/mol. The van der Waals surface area contributed by atoms with Crippen molar-refractivity contribution in [1.82, 2.24) is 0 Å². The molecule has 4 heteroatoms. The summed E-state index contributed by atoms with van der Waals surface area (Å²) in [6.45, 7) is 0. The molecule has 1 unspecified atom stereocenters. The highest BCUT2D eigenvalue weighted by Crippen LogP contribution is 2.25. The zero-order valence-corrected chi connectivity index (χ0v) is 9.26. The number of carboxylic acid groups (broad SMARTS) is 1. The number of hydrogen-bond donors (Lipinski definition) is 3. The van der Waals surface area contributed by atoms with Crippen LogP contribution in [0.1, 0.15) is 5.56 Å². The Bertz CT molecular complexity index is 566. The van der Waals surface area contributed by atoms with Crippen LogP contribution in [0.3, 0.4) is 0 Å². The monoisotopic (exact) mass is 230 g/mol. The third kappa shape index (κ3) is 2.21. The van der Waals surface area contributed by atoms with Crippen molar-refractivity contribution in [1.29, 1.82) is 0 Å². The zero-order chi connectivity index (χ0) is 12.4. The summed E-state index contributed by atoms with van der Waals surface area (Å²) in [5, 5.41) is 10.8. The zero-order valence-electron chi connectivity index (χ0n) is 9.26. The van der Waals surface area contributed by atoms with E-state index >= 15 is 0 Å². The average molecular weight is 230 g/mol. The van der Waals surface area contributed by atoms with Crippen LogP contribution in [0.25, 0.3) is 10.8 Å². The average Bonchev–Trinajstić information content (AvgIpc) is 2.32. The molecule has 17 heavy (non-hydrogen) atoms. The molecule has 0 saturated carbocycles. The second kappa shape index (κ2) is 4.43. The number of aliphatic carboxylic acids is 1. The Morgan fingerprint density at radius 3 is 2.65 bits per heavy atom. The van der Waals surface area contributed by atoms with Gasteiger partial charge >= 0.3 is 5.97 Å². The van der Waals surface area contributed by atoms with E-state index in [2.05, 4.69) is 0 Å². The Balaban J connectivity index is 2.51. The fourth-order valence-corrected chi connectivity index (χ4v) is 1.89. The first kappa shape index (κ1) is 11.4. The number of fused-ring (bicyclic) bond motifs is 1. The van der Waals surface area contributed by atoms with Gasteiger partial charge in [-0.05, 0) is 22.4 Å². The highest BCUT2D eigenvalue weighted by Gasteiger charge is 2.15. The quantitative estimate of drug-likeness (QED) is 0.695. The maximum absolute atomic E-state index is 10.8. The lowest BCUT2D eigenvalue weighted by molar-refractivity contribution is -0.138. The lowest BCUT2D eigenvalue weighted by Crippen LogP contribution is -2.32.